The van der Waals surface area contributed by atoms with Gasteiger partial charge in [-0.25, -0.2) is 0 Å². The number of likely N-dealkylation sites (tertiary alicyclic amines) is 1. The summed E-state index contributed by atoms with van der Waals surface area (Å²) < 4.78 is 0. The van der Waals surface area contributed by atoms with Crippen LogP contribution < -0.4 is 10.0 Å². The van der Waals surface area contributed by atoms with Crippen LogP contribution in [0.3, 0.4) is 0 Å². The average Bonchev–Trinajstić information content (AvgIpc) is 2.33. The highest BCUT2D eigenvalue weighted by atomic mass is 16.4. The van der Waals surface area contributed by atoms with E-state index in [1.807, 2.05) is 12.1 Å². The first-order valence-electron chi connectivity index (χ1n) is 6.89. The average molecular weight is 247 g/mol. The maximum Gasteiger partial charge on any atom is 0.103 e. The number of carbonyl (C=O) groups excluding carboxylic acids is 1. The summed E-state index contributed by atoms with van der Waals surface area (Å²) in [6.07, 6.45) is 6.61. The van der Waals surface area contributed by atoms with Gasteiger partial charge in [-0.05, 0) is 37.3 Å². The number of nitrogens with one attached hydrogen (secondary N) is 1. The summed E-state index contributed by atoms with van der Waals surface area (Å²) >= 11 is 0. The van der Waals surface area contributed by atoms with Crippen molar-refractivity contribution in [1.82, 2.24) is 0 Å². The van der Waals surface area contributed by atoms with Gasteiger partial charge in [-0.15, -0.1) is 0 Å². The fourth-order valence-electron chi connectivity index (χ4n) is 2.68. The maximum atomic E-state index is 10.8. The van der Waals surface area contributed by atoms with Crippen molar-refractivity contribution in [3.05, 3.63) is 35.4 Å². The van der Waals surface area contributed by atoms with E-state index < -0.39 is 5.97 Å². The molecular weight excluding hydrogens is 226 g/mol. The number of rotatable bonds is 3. The summed E-state index contributed by atoms with van der Waals surface area (Å²) in [5.41, 5.74) is 1.39. The van der Waals surface area contributed by atoms with Gasteiger partial charge in [-0.1, -0.05) is 24.6 Å². The van der Waals surface area contributed by atoms with Crippen LogP contribution in [0.5, 0.6) is 0 Å². The van der Waals surface area contributed by atoms with E-state index in [4.69, 9.17) is 0 Å². The molecular formula is C15H21NO2. The van der Waals surface area contributed by atoms with E-state index in [2.05, 4.69) is 0 Å². The molecule has 1 heterocycles. The van der Waals surface area contributed by atoms with Crippen molar-refractivity contribution < 1.29 is 14.8 Å². The van der Waals surface area contributed by atoms with Crippen molar-refractivity contribution in [2.45, 2.75) is 38.6 Å². The van der Waals surface area contributed by atoms with Crippen LogP contribution in [-0.2, 0) is 6.54 Å². The number of carboxylic acid groups (broad SMARTS) is 1. The molecule has 0 spiro atoms. The molecule has 1 saturated heterocycles. The molecule has 0 aliphatic carbocycles. The SMILES string of the molecule is O=C([O-])c1cccc(C[NH+]2CCCCCCC2)c1. The third-order valence-electron chi connectivity index (χ3n) is 3.68. The van der Waals surface area contributed by atoms with E-state index in [1.54, 1.807) is 17.0 Å². The fourth-order valence-corrected chi connectivity index (χ4v) is 2.68. The predicted molar refractivity (Wildman–Crippen MR) is 68.3 cm³/mol. The van der Waals surface area contributed by atoms with Crippen LogP contribution in [-0.4, -0.2) is 19.1 Å². The van der Waals surface area contributed by atoms with Gasteiger partial charge in [-0.2, -0.15) is 0 Å². The van der Waals surface area contributed by atoms with Crippen LogP contribution in [0.2, 0.25) is 0 Å². The quantitative estimate of drug-likeness (QED) is 0.840. The molecule has 1 aliphatic rings. The first-order chi connectivity index (χ1) is 8.75. The lowest BCUT2D eigenvalue weighted by Crippen LogP contribution is -3.10. The number of aromatic carboxylic acids is 1. The topological polar surface area (TPSA) is 44.6 Å². The Bertz CT molecular complexity index is 395. The van der Waals surface area contributed by atoms with Crippen molar-refractivity contribution in [3.63, 3.8) is 0 Å². The molecule has 0 bridgehead atoms. The molecule has 0 amide bonds. The number of carboxylic acids is 1. The smallest absolute Gasteiger partial charge is 0.103 e. The lowest BCUT2D eigenvalue weighted by molar-refractivity contribution is -0.914. The first kappa shape index (κ1) is 13.1. The maximum absolute atomic E-state index is 10.8. The fraction of sp³-hybridized carbons (Fsp3) is 0.533. The normalized spacial score (nSPS) is 18.0. The van der Waals surface area contributed by atoms with Crippen molar-refractivity contribution in [2.24, 2.45) is 0 Å². The molecule has 1 fully saturated rings. The van der Waals surface area contributed by atoms with Crippen molar-refractivity contribution in [2.75, 3.05) is 13.1 Å². The van der Waals surface area contributed by atoms with E-state index >= 15 is 0 Å². The summed E-state index contributed by atoms with van der Waals surface area (Å²) in [5, 5.41) is 10.8. The van der Waals surface area contributed by atoms with E-state index in [-0.39, 0.29) is 0 Å². The predicted octanol–water partition coefficient (Wildman–Crippen LogP) is 0.399. The monoisotopic (exact) mass is 247 g/mol. The van der Waals surface area contributed by atoms with Crippen molar-refractivity contribution >= 4 is 5.97 Å². The molecule has 0 radical (unpaired) electrons. The van der Waals surface area contributed by atoms with Gasteiger partial charge in [0, 0.05) is 5.56 Å². The molecule has 0 unspecified atom stereocenters. The number of carbonyl (C=O) groups is 1. The largest absolute Gasteiger partial charge is 0.545 e. The van der Waals surface area contributed by atoms with Gasteiger partial charge in [0.25, 0.3) is 0 Å². The third-order valence-corrected chi connectivity index (χ3v) is 3.68. The third kappa shape index (κ3) is 3.84. The molecule has 1 aliphatic heterocycles. The highest BCUT2D eigenvalue weighted by Crippen LogP contribution is 2.05. The Morgan fingerprint density at radius 1 is 1.11 bits per heavy atom. The first-order valence-corrected chi connectivity index (χ1v) is 6.89. The Balaban J connectivity index is 1.98. The summed E-state index contributed by atoms with van der Waals surface area (Å²) in [7, 11) is 0. The molecule has 1 N–H and O–H groups in total. The van der Waals surface area contributed by atoms with Crippen molar-refractivity contribution in [3.8, 4) is 0 Å². The van der Waals surface area contributed by atoms with E-state index in [1.165, 1.54) is 45.2 Å². The van der Waals surface area contributed by atoms with Gasteiger partial charge < -0.3 is 14.8 Å². The zero-order valence-corrected chi connectivity index (χ0v) is 10.8. The number of quaternary nitrogens is 1. The minimum Gasteiger partial charge on any atom is -0.545 e. The van der Waals surface area contributed by atoms with Gasteiger partial charge in [0.2, 0.25) is 0 Å². The zero-order valence-electron chi connectivity index (χ0n) is 10.8. The Morgan fingerprint density at radius 2 is 1.78 bits per heavy atom. The second-order valence-electron chi connectivity index (χ2n) is 5.18. The Labute approximate surface area is 108 Å². The van der Waals surface area contributed by atoms with Gasteiger partial charge in [0.05, 0.1) is 19.1 Å². The number of hydrogen-bond donors (Lipinski definition) is 1. The molecule has 3 nitrogen and oxygen atoms in total. The van der Waals surface area contributed by atoms with E-state index in [0.717, 1.165) is 12.1 Å². The molecule has 98 valence electrons. The molecule has 1 aromatic rings. The number of hydrogen-bond acceptors (Lipinski definition) is 2. The van der Waals surface area contributed by atoms with Crippen LogP contribution in [0.4, 0.5) is 0 Å². The van der Waals surface area contributed by atoms with E-state index in [9.17, 15) is 9.90 Å². The molecule has 2 rings (SSSR count). The zero-order chi connectivity index (χ0) is 12.8. The Kier molecular flexibility index (Phi) is 4.76. The molecule has 0 saturated carbocycles. The van der Waals surface area contributed by atoms with Gasteiger partial charge in [-0.3, -0.25) is 0 Å². The highest BCUT2D eigenvalue weighted by Gasteiger charge is 2.12. The van der Waals surface area contributed by atoms with Crippen LogP contribution in [0.1, 0.15) is 48.0 Å². The summed E-state index contributed by atoms with van der Waals surface area (Å²) in [5.74, 6) is -1.08. The van der Waals surface area contributed by atoms with Crippen LogP contribution >= 0.6 is 0 Å². The molecule has 1 aromatic carbocycles. The molecule has 0 atom stereocenters. The van der Waals surface area contributed by atoms with Crippen LogP contribution in [0, 0.1) is 0 Å². The van der Waals surface area contributed by atoms with Gasteiger partial charge >= 0.3 is 0 Å². The van der Waals surface area contributed by atoms with Crippen molar-refractivity contribution in [1.29, 1.82) is 0 Å². The molecule has 3 heteroatoms. The van der Waals surface area contributed by atoms with Crippen LogP contribution in [0.25, 0.3) is 0 Å². The van der Waals surface area contributed by atoms with Gasteiger partial charge in [0.1, 0.15) is 6.54 Å². The van der Waals surface area contributed by atoms with Gasteiger partial charge in [0.15, 0.2) is 0 Å². The number of benzene rings is 1. The van der Waals surface area contributed by atoms with Crippen LogP contribution in [0.15, 0.2) is 24.3 Å². The Hall–Kier alpha value is -1.35. The molecule has 18 heavy (non-hydrogen) atoms. The molecule has 0 aromatic heterocycles. The second-order valence-corrected chi connectivity index (χ2v) is 5.18. The standard InChI is InChI=1S/C15H21NO2/c17-15(18)14-8-6-7-13(11-14)12-16-9-4-2-1-3-5-10-16/h6-8,11H,1-5,9-10,12H2,(H,17,18). The lowest BCUT2D eigenvalue weighted by Gasteiger charge is -2.22. The summed E-state index contributed by atoms with van der Waals surface area (Å²) in [6.45, 7) is 3.34. The highest BCUT2D eigenvalue weighted by molar-refractivity contribution is 5.85. The van der Waals surface area contributed by atoms with E-state index in [0.29, 0.717) is 5.56 Å². The Morgan fingerprint density at radius 3 is 2.44 bits per heavy atom. The minimum atomic E-state index is -1.08. The summed E-state index contributed by atoms with van der Waals surface area (Å²) in [6, 6.07) is 7.17. The lowest BCUT2D eigenvalue weighted by atomic mass is 10.1. The second kappa shape index (κ2) is 6.55. The summed E-state index contributed by atoms with van der Waals surface area (Å²) in [4.78, 5) is 12.4. The minimum absolute atomic E-state index is 0.291.